The van der Waals surface area contributed by atoms with Crippen molar-refractivity contribution in [2.24, 2.45) is 5.73 Å². The van der Waals surface area contributed by atoms with Gasteiger partial charge in [0.2, 0.25) is 0 Å². The van der Waals surface area contributed by atoms with Crippen LogP contribution in [0.1, 0.15) is 30.4 Å². The lowest BCUT2D eigenvalue weighted by Gasteiger charge is -2.17. The fraction of sp³-hybridized carbons (Fsp3) is 0.429. The minimum atomic E-state index is 0.290. The van der Waals surface area contributed by atoms with Crippen molar-refractivity contribution < 1.29 is 0 Å². The van der Waals surface area contributed by atoms with Gasteiger partial charge in [-0.1, -0.05) is 41.5 Å². The molecule has 0 spiro atoms. The summed E-state index contributed by atoms with van der Waals surface area (Å²) in [6.45, 7) is 2.14. The van der Waals surface area contributed by atoms with Crippen LogP contribution in [0.15, 0.2) is 35.9 Å². The zero-order valence-corrected chi connectivity index (χ0v) is 9.37. The number of rotatable bonds is 2. The summed E-state index contributed by atoms with van der Waals surface area (Å²) in [5, 5.41) is 0. The SMILES string of the molecule is Cc1cccc(CC2=CC(N)CCC2)c1. The maximum atomic E-state index is 5.93. The van der Waals surface area contributed by atoms with E-state index in [1.165, 1.54) is 29.5 Å². The van der Waals surface area contributed by atoms with Gasteiger partial charge in [0.15, 0.2) is 0 Å². The van der Waals surface area contributed by atoms with Crippen molar-refractivity contribution >= 4 is 0 Å². The quantitative estimate of drug-likeness (QED) is 0.731. The van der Waals surface area contributed by atoms with Crippen LogP contribution in [0.3, 0.4) is 0 Å². The molecular weight excluding hydrogens is 182 g/mol. The summed E-state index contributed by atoms with van der Waals surface area (Å²) in [5.74, 6) is 0. The van der Waals surface area contributed by atoms with E-state index in [4.69, 9.17) is 5.73 Å². The van der Waals surface area contributed by atoms with Gasteiger partial charge < -0.3 is 5.73 Å². The molecule has 1 heteroatoms. The minimum Gasteiger partial charge on any atom is -0.324 e. The van der Waals surface area contributed by atoms with Crippen LogP contribution in [-0.2, 0) is 6.42 Å². The zero-order chi connectivity index (χ0) is 10.7. The van der Waals surface area contributed by atoms with E-state index in [-0.39, 0.29) is 0 Å². The molecule has 0 saturated heterocycles. The molecule has 1 unspecified atom stereocenters. The van der Waals surface area contributed by atoms with Crippen LogP contribution in [0.2, 0.25) is 0 Å². The first kappa shape index (κ1) is 10.4. The Bertz CT molecular complexity index is 365. The molecule has 0 aliphatic heterocycles. The molecule has 0 amide bonds. The Labute approximate surface area is 92.0 Å². The molecule has 1 aliphatic rings. The lowest BCUT2D eigenvalue weighted by atomic mass is 9.91. The van der Waals surface area contributed by atoms with Gasteiger partial charge in [0, 0.05) is 6.04 Å². The fourth-order valence-corrected chi connectivity index (χ4v) is 2.27. The molecule has 0 heterocycles. The number of allylic oxidation sites excluding steroid dienone is 1. The van der Waals surface area contributed by atoms with Crippen LogP contribution in [0.4, 0.5) is 0 Å². The van der Waals surface area contributed by atoms with E-state index in [0.717, 1.165) is 12.8 Å². The molecule has 0 radical (unpaired) electrons. The van der Waals surface area contributed by atoms with Crippen LogP contribution < -0.4 is 5.73 Å². The third kappa shape index (κ3) is 2.93. The first-order chi connectivity index (χ1) is 7.24. The van der Waals surface area contributed by atoms with Crippen LogP contribution in [0.5, 0.6) is 0 Å². The maximum Gasteiger partial charge on any atom is 0.0226 e. The Morgan fingerprint density at radius 1 is 1.40 bits per heavy atom. The van der Waals surface area contributed by atoms with Gasteiger partial charge in [-0.3, -0.25) is 0 Å². The Kier molecular flexibility index (Phi) is 3.22. The lowest BCUT2D eigenvalue weighted by molar-refractivity contribution is 0.617. The molecule has 1 aromatic rings. The van der Waals surface area contributed by atoms with E-state index >= 15 is 0 Å². The topological polar surface area (TPSA) is 26.0 Å². The fourth-order valence-electron chi connectivity index (χ4n) is 2.27. The highest BCUT2D eigenvalue weighted by Crippen LogP contribution is 2.21. The molecule has 0 fully saturated rings. The van der Waals surface area contributed by atoms with Crippen molar-refractivity contribution in [3.05, 3.63) is 47.0 Å². The molecular formula is C14H19N. The van der Waals surface area contributed by atoms with Gasteiger partial charge in [-0.25, -0.2) is 0 Å². The average Bonchev–Trinajstić information content (AvgIpc) is 2.17. The summed E-state index contributed by atoms with van der Waals surface area (Å²) in [7, 11) is 0. The van der Waals surface area contributed by atoms with Gasteiger partial charge in [0.1, 0.15) is 0 Å². The molecule has 2 rings (SSSR count). The minimum absolute atomic E-state index is 0.290. The zero-order valence-electron chi connectivity index (χ0n) is 9.37. The smallest absolute Gasteiger partial charge is 0.0226 e. The van der Waals surface area contributed by atoms with Gasteiger partial charge in [-0.2, -0.15) is 0 Å². The second-order valence-electron chi connectivity index (χ2n) is 4.55. The standard InChI is InChI=1S/C14H19N/c1-11-4-2-5-12(8-11)9-13-6-3-7-14(15)10-13/h2,4-5,8,10,14H,3,6-7,9,15H2,1H3. The molecule has 80 valence electrons. The van der Waals surface area contributed by atoms with Gasteiger partial charge >= 0.3 is 0 Å². The molecule has 1 aliphatic carbocycles. The van der Waals surface area contributed by atoms with Crippen molar-refractivity contribution in [2.45, 2.75) is 38.6 Å². The van der Waals surface area contributed by atoms with E-state index in [0.29, 0.717) is 6.04 Å². The monoisotopic (exact) mass is 201 g/mol. The van der Waals surface area contributed by atoms with Gasteiger partial charge in [0.05, 0.1) is 0 Å². The van der Waals surface area contributed by atoms with Gasteiger partial charge in [-0.05, 0) is 38.2 Å². The highest BCUT2D eigenvalue weighted by atomic mass is 14.6. The molecule has 15 heavy (non-hydrogen) atoms. The van der Waals surface area contributed by atoms with E-state index in [2.05, 4.69) is 37.3 Å². The van der Waals surface area contributed by atoms with E-state index in [9.17, 15) is 0 Å². The Morgan fingerprint density at radius 2 is 2.27 bits per heavy atom. The van der Waals surface area contributed by atoms with Crippen molar-refractivity contribution in [3.63, 3.8) is 0 Å². The van der Waals surface area contributed by atoms with E-state index in [1.807, 2.05) is 0 Å². The molecule has 0 aromatic heterocycles. The van der Waals surface area contributed by atoms with Crippen molar-refractivity contribution in [2.75, 3.05) is 0 Å². The summed E-state index contributed by atoms with van der Waals surface area (Å²) in [6, 6.07) is 9.03. The highest BCUT2D eigenvalue weighted by molar-refractivity contribution is 5.27. The summed E-state index contributed by atoms with van der Waals surface area (Å²) in [5.41, 5.74) is 10.2. The molecule has 1 atom stereocenters. The Hall–Kier alpha value is -1.08. The Morgan fingerprint density at radius 3 is 3.00 bits per heavy atom. The highest BCUT2D eigenvalue weighted by Gasteiger charge is 2.09. The first-order valence-corrected chi connectivity index (χ1v) is 5.75. The number of benzene rings is 1. The van der Waals surface area contributed by atoms with Gasteiger partial charge in [0.25, 0.3) is 0 Å². The first-order valence-electron chi connectivity index (χ1n) is 5.75. The molecule has 2 N–H and O–H groups in total. The third-order valence-corrected chi connectivity index (χ3v) is 3.00. The largest absolute Gasteiger partial charge is 0.324 e. The van der Waals surface area contributed by atoms with Crippen LogP contribution in [0.25, 0.3) is 0 Å². The molecule has 0 saturated carbocycles. The van der Waals surface area contributed by atoms with Crippen LogP contribution in [-0.4, -0.2) is 6.04 Å². The van der Waals surface area contributed by atoms with Crippen LogP contribution >= 0.6 is 0 Å². The molecule has 1 aromatic carbocycles. The van der Waals surface area contributed by atoms with Gasteiger partial charge in [-0.15, -0.1) is 0 Å². The average molecular weight is 201 g/mol. The Balaban J connectivity index is 2.08. The number of aryl methyl sites for hydroxylation is 1. The number of hydrogen-bond acceptors (Lipinski definition) is 1. The second-order valence-corrected chi connectivity index (χ2v) is 4.55. The van der Waals surface area contributed by atoms with Crippen molar-refractivity contribution in [1.29, 1.82) is 0 Å². The predicted octanol–water partition coefficient (Wildman–Crippen LogP) is 2.98. The van der Waals surface area contributed by atoms with E-state index < -0.39 is 0 Å². The molecule has 1 nitrogen and oxygen atoms in total. The van der Waals surface area contributed by atoms with Crippen LogP contribution in [0, 0.1) is 6.92 Å². The summed E-state index contributed by atoms with van der Waals surface area (Å²) < 4.78 is 0. The summed E-state index contributed by atoms with van der Waals surface area (Å²) >= 11 is 0. The van der Waals surface area contributed by atoms with Crippen molar-refractivity contribution in [3.8, 4) is 0 Å². The normalized spacial score (nSPS) is 21.2. The third-order valence-electron chi connectivity index (χ3n) is 3.00. The summed E-state index contributed by atoms with van der Waals surface area (Å²) in [6.07, 6.45) is 6.96. The molecule has 0 bridgehead atoms. The number of hydrogen-bond donors (Lipinski definition) is 1. The van der Waals surface area contributed by atoms with Crippen molar-refractivity contribution in [1.82, 2.24) is 0 Å². The lowest BCUT2D eigenvalue weighted by Crippen LogP contribution is -2.20. The maximum absolute atomic E-state index is 5.93. The summed E-state index contributed by atoms with van der Waals surface area (Å²) in [4.78, 5) is 0. The second kappa shape index (κ2) is 4.63. The number of nitrogens with two attached hydrogens (primary N) is 1. The predicted molar refractivity (Wildman–Crippen MR) is 64.8 cm³/mol. The van der Waals surface area contributed by atoms with E-state index in [1.54, 1.807) is 0 Å².